The van der Waals surface area contributed by atoms with Gasteiger partial charge in [-0.2, -0.15) is 0 Å². The zero-order chi connectivity index (χ0) is 16.0. The van der Waals surface area contributed by atoms with Crippen molar-refractivity contribution in [2.45, 2.75) is 19.6 Å². The van der Waals surface area contributed by atoms with E-state index >= 15 is 0 Å². The lowest BCUT2D eigenvalue weighted by Crippen LogP contribution is -2.09. The highest BCUT2D eigenvalue weighted by molar-refractivity contribution is 8.18. The normalized spacial score (nSPS) is 17.3. The molecule has 0 spiro atoms. The summed E-state index contributed by atoms with van der Waals surface area (Å²) in [4.78, 5) is 15.9. The lowest BCUT2D eigenvalue weighted by atomic mass is 10.2. The lowest BCUT2D eigenvalue weighted by Gasteiger charge is -2.25. The molecule has 0 radical (unpaired) electrons. The summed E-state index contributed by atoms with van der Waals surface area (Å²) in [6, 6.07) is 16.8. The summed E-state index contributed by atoms with van der Waals surface area (Å²) >= 11 is 14.1. The number of allylic oxidation sites excluding steroid dienone is 4. The Balaban J connectivity index is 2.06. The number of hydrogen-bond donors (Lipinski definition) is 0. The average molecular weight is 378 g/mol. The summed E-state index contributed by atoms with van der Waals surface area (Å²) < 4.78 is 0. The fourth-order valence-corrected chi connectivity index (χ4v) is 6.98. The van der Waals surface area contributed by atoms with Crippen LogP contribution in [-0.2, 0) is 0 Å². The van der Waals surface area contributed by atoms with Gasteiger partial charge in [0.1, 0.15) is 10.1 Å². The maximum atomic E-state index is 9.85. The fraction of sp³-hybridized carbons (Fsp3) is 0. The van der Waals surface area contributed by atoms with Crippen molar-refractivity contribution >= 4 is 56.1 Å². The molecule has 23 heavy (non-hydrogen) atoms. The van der Waals surface area contributed by atoms with E-state index in [1.165, 1.54) is 19.6 Å². The highest BCUT2D eigenvalue weighted by Gasteiger charge is 2.27. The molecule has 0 saturated carbocycles. The third-order valence-electron chi connectivity index (χ3n) is 3.58. The summed E-state index contributed by atoms with van der Waals surface area (Å²) in [5.74, 6) is -0.0614. The molecule has 1 heterocycles. The van der Waals surface area contributed by atoms with Crippen LogP contribution < -0.4 is 0 Å². The molecule has 0 bridgehead atoms. The summed E-state index contributed by atoms with van der Waals surface area (Å²) in [6.45, 7) is 0. The van der Waals surface area contributed by atoms with Gasteiger partial charge in [-0.25, -0.2) is 0 Å². The molecule has 1 nitrogen and oxygen atoms in total. The smallest absolute Gasteiger partial charge is 0.271 e. The van der Waals surface area contributed by atoms with Gasteiger partial charge in [0, 0.05) is 24.4 Å². The highest BCUT2D eigenvalue weighted by Crippen LogP contribution is 2.53. The molecule has 2 aromatic carbocycles. The maximum Gasteiger partial charge on any atom is 0.376 e. The number of fused-ring (bicyclic) bond motifs is 2. The second-order valence-corrected chi connectivity index (χ2v) is 8.90. The molecule has 0 saturated heterocycles. The maximum absolute atomic E-state index is 9.85. The van der Waals surface area contributed by atoms with Crippen LogP contribution in [-0.4, -0.2) is 15.4 Å². The van der Waals surface area contributed by atoms with Gasteiger partial charge >= 0.3 is 5.78 Å². The van der Waals surface area contributed by atoms with Gasteiger partial charge in [-0.15, -0.1) is 10.5 Å². The van der Waals surface area contributed by atoms with Crippen LogP contribution in [0, 0.1) is 0 Å². The van der Waals surface area contributed by atoms with Crippen molar-refractivity contribution in [1.82, 2.24) is 0 Å². The molecule has 0 fully saturated rings. The molecule has 1 aliphatic heterocycles. The number of carbonyl (C=O) groups excluding carboxylic acids is 1. The Labute approximate surface area is 150 Å². The van der Waals surface area contributed by atoms with Crippen LogP contribution in [0.25, 0.3) is 0 Å². The van der Waals surface area contributed by atoms with Gasteiger partial charge in [-0.1, -0.05) is 59.2 Å². The van der Waals surface area contributed by atoms with Gasteiger partial charge in [0.2, 0.25) is 0 Å². The van der Waals surface area contributed by atoms with Gasteiger partial charge in [0.05, 0.1) is 0 Å². The number of hydrogen-bond acceptors (Lipinski definition) is 1. The molecule has 0 unspecified atom stereocenters. The van der Waals surface area contributed by atoms with Crippen molar-refractivity contribution in [3.8, 4) is 0 Å². The number of ketones is 1. The van der Waals surface area contributed by atoms with Crippen LogP contribution in [0.5, 0.6) is 0 Å². The second kappa shape index (κ2) is 5.99. The quantitative estimate of drug-likeness (QED) is 0.357. The van der Waals surface area contributed by atoms with Gasteiger partial charge in [0.25, 0.3) is 0 Å². The van der Waals surface area contributed by atoms with Crippen LogP contribution in [0.2, 0.25) is 0 Å². The molecule has 2 aliphatic rings. The van der Waals surface area contributed by atoms with Gasteiger partial charge in [0.15, 0.2) is 0 Å². The Morgan fingerprint density at radius 2 is 1.26 bits per heavy atom. The molecule has 1 N–H and O–H groups in total. The van der Waals surface area contributed by atoms with E-state index in [0.29, 0.717) is 0 Å². The molecule has 2 aromatic rings. The topological polar surface area (TPSA) is 21.4 Å². The third kappa shape index (κ3) is 2.62. The monoisotopic (exact) mass is 377 g/mol. The van der Waals surface area contributed by atoms with Crippen LogP contribution in [0.3, 0.4) is 0 Å². The summed E-state index contributed by atoms with van der Waals surface area (Å²) in [6.07, 6.45) is 3.63. The largest absolute Gasteiger partial charge is 0.376 e. The SMILES string of the molecule is [OH+]=C1C(Cl)=CC(=S2c3ccccc3Sc3ccccc32)C=C1Cl. The van der Waals surface area contributed by atoms with Crippen molar-refractivity contribution in [1.29, 1.82) is 0 Å². The Hall–Kier alpha value is -1.26. The van der Waals surface area contributed by atoms with E-state index in [-0.39, 0.29) is 26.3 Å². The molecule has 4 rings (SSSR count). The van der Waals surface area contributed by atoms with E-state index in [1.807, 2.05) is 12.2 Å². The highest BCUT2D eigenvalue weighted by atomic mass is 35.5. The van der Waals surface area contributed by atoms with E-state index in [1.54, 1.807) is 11.8 Å². The van der Waals surface area contributed by atoms with Crippen molar-refractivity contribution in [2.24, 2.45) is 0 Å². The van der Waals surface area contributed by atoms with E-state index in [9.17, 15) is 4.79 Å². The molecule has 5 heteroatoms. The standard InChI is InChI=1S/C18H10Cl2OS2/c19-12-9-11(10-13(20)18(12)21)23-16-7-3-1-5-14(16)22-15-6-2-4-8-17(15)23/h1-10H/p+1. The minimum absolute atomic E-state index is 0.0614. The summed E-state index contributed by atoms with van der Waals surface area (Å²) in [5, 5.41) is 0.571. The van der Waals surface area contributed by atoms with Gasteiger partial charge in [-0.3, -0.25) is 4.79 Å². The summed E-state index contributed by atoms with van der Waals surface area (Å²) in [5.41, 5.74) is 0. The number of rotatable bonds is 0. The van der Waals surface area contributed by atoms with Crippen molar-refractivity contribution in [2.75, 3.05) is 0 Å². The zero-order valence-corrected chi connectivity index (χ0v) is 14.9. The first-order chi connectivity index (χ1) is 11.1. The zero-order valence-electron chi connectivity index (χ0n) is 11.8. The average Bonchev–Trinajstić information content (AvgIpc) is 2.57. The predicted molar refractivity (Wildman–Crippen MR) is 101 cm³/mol. The molecule has 114 valence electrons. The van der Waals surface area contributed by atoms with Gasteiger partial charge in [-0.05, 0) is 36.4 Å². The molecule has 0 amide bonds. The minimum atomic E-state index is -0.288. The van der Waals surface area contributed by atoms with Crippen LogP contribution in [0.4, 0.5) is 0 Å². The first kappa shape index (κ1) is 15.3. The molecular weight excluding hydrogens is 367 g/mol. The van der Waals surface area contributed by atoms with Crippen LogP contribution in [0.1, 0.15) is 0 Å². The molecule has 0 atom stereocenters. The first-order valence-electron chi connectivity index (χ1n) is 6.93. The molecule has 0 aromatic heterocycles. The van der Waals surface area contributed by atoms with E-state index in [2.05, 4.69) is 48.5 Å². The Kier molecular flexibility index (Phi) is 3.98. The van der Waals surface area contributed by atoms with E-state index < -0.39 is 0 Å². The van der Waals surface area contributed by atoms with Crippen LogP contribution in [0.15, 0.2) is 90.3 Å². The van der Waals surface area contributed by atoms with E-state index in [4.69, 9.17) is 23.2 Å². The Bertz CT molecular complexity index is 870. The van der Waals surface area contributed by atoms with Crippen molar-refractivity contribution in [3.63, 3.8) is 0 Å². The fourth-order valence-electron chi connectivity index (χ4n) is 2.56. The minimum Gasteiger partial charge on any atom is -0.271 e. The Morgan fingerprint density at radius 1 is 0.783 bits per heavy atom. The molecule has 1 aliphatic carbocycles. The number of benzene rings is 2. The lowest BCUT2D eigenvalue weighted by molar-refractivity contribution is 0.681. The third-order valence-corrected chi connectivity index (χ3v) is 7.87. The van der Waals surface area contributed by atoms with Gasteiger partial charge < -0.3 is 0 Å². The second-order valence-electron chi connectivity index (χ2n) is 5.04. The number of halogens is 2. The summed E-state index contributed by atoms with van der Waals surface area (Å²) in [7, 11) is -0.288. The van der Waals surface area contributed by atoms with E-state index in [0.717, 1.165) is 4.86 Å². The Morgan fingerprint density at radius 3 is 1.78 bits per heavy atom. The first-order valence-corrected chi connectivity index (χ1v) is 9.73. The molecular formula is C18H11Cl2OS2+. The van der Waals surface area contributed by atoms with Crippen molar-refractivity contribution in [3.05, 3.63) is 70.7 Å². The van der Waals surface area contributed by atoms with Crippen molar-refractivity contribution < 1.29 is 4.79 Å². The van der Waals surface area contributed by atoms with Crippen LogP contribution >= 0.6 is 45.4 Å². The predicted octanol–water partition coefficient (Wildman–Crippen LogP) is 5.81.